The monoisotopic (exact) mass is 417 g/mol. The van der Waals surface area contributed by atoms with E-state index < -0.39 is 11.7 Å². The molecule has 1 N–H and O–H groups in total. The molecule has 0 radical (unpaired) electrons. The predicted molar refractivity (Wildman–Crippen MR) is 120 cm³/mol. The lowest BCUT2D eigenvalue weighted by Gasteiger charge is -2.36. The molecule has 1 heterocycles. The lowest BCUT2D eigenvalue weighted by Crippen LogP contribution is -2.49. The number of nitrogens with one attached hydrogen (secondary N) is 1. The zero-order valence-corrected chi connectivity index (χ0v) is 17.3. The SMILES string of the molecule is Cc1ccc(CN2CCCN(c3cccc(NC(=O)c4ccccc4F)c3)C2=O)cc1. The minimum absolute atomic E-state index is 0.0220. The van der Waals surface area contributed by atoms with E-state index in [2.05, 4.69) is 5.32 Å². The largest absolute Gasteiger partial charge is 0.324 e. The maximum atomic E-state index is 13.9. The number of hydrogen-bond acceptors (Lipinski definition) is 2. The van der Waals surface area contributed by atoms with Crippen LogP contribution in [0.2, 0.25) is 0 Å². The number of anilines is 2. The highest BCUT2D eigenvalue weighted by Crippen LogP contribution is 2.25. The molecule has 3 amide bonds. The summed E-state index contributed by atoms with van der Waals surface area (Å²) in [5.41, 5.74) is 3.46. The first-order chi connectivity index (χ1) is 15.0. The quantitative estimate of drug-likeness (QED) is 0.619. The van der Waals surface area contributed by atoms with Gasteiger partial charge < -0.3 is 10.2 Å². The number of nitrogens with zero attached hydrogens (tertiary/aromatic N) is 2. The number of hydrogen-bond donors (Lipinski definition) is 1. The van der Waals surface area contributed by atoms with Crippen LogP contribution in [0.3, 0.4) is 0 Å². The molecule has 6 heteroatoms. The van der Waals surface area contributed by atoms with Crippen LogP contribution in [0.15, 0.2) is 72.8 Å². The van der Waals surface area contributed by atoms with Gasteiger partial charge in [0.05, 0.1) is 5.56 Å². The zero-order chi connectivity index (χ0) is 21.8. The number of amides is 3. The molecule has 0 bridgehead atoms. The molecule has 1 aliphatic heterocycles. The summed E-state index contributed by atoms with van der Waals surface area (Å²) in [6.45, 7) is 3.90. The standard InChI is InChI=1S/C25H24FN3O2/c1-18-10-12-19(13-11-18)17-28-14-5-15-29(25(28)31)21-7-4-6-20(16-21)27-24(30)22-8-2-3-9-23(22)26/h2-4,6-13,16H,5,14-15,17H2,1H3,(H,27,30). The van der Waals surface area contributed by atoms with Gasteiger partial charge in [-0.05, 0) is 49.2 Å². The highest BCUT2D eigenvalue weighted by Gasteiger charge is 2.27. The Kier molecular flexibility index (Phi) is 5.98. The molecule has 1 aliphatic rings. The molecule has 0 unspecified atom stereocenters. The van der Waals surface area contributed by atoms with E-state index in [9.17, 15) is 14.0 Å². The molecule has 158 valence electrons. The summed E-state index contributed by atoms with van der Waals surface area (Å²) in [7, 11) is 0. The second-order valence-electron chi connectivity index (χ2n) is 7.68. The molecule has 0 saturated carbocycles. The second-order valence-corrected chi connectivity index (χ2v) is 7.68. The van der Waals surface area contributed by atoms with Crippen LogP contribution in [-0.2, 0) is 6.54 Å². The van der Waals surface area contributed by atoms with Crippen molar-refractivity contribution in [2.24, 2.45) is 0 Å². The normalized spacial score (nSPS) is 13.9. The molecule has 1 fully saturated rings. The predicted octanol–water partition coefficient (Wildman–Crippen LogP) is 5.22. The van der Waals surface area contributed by atoms with Crippen molar-refractivity contribution in [3.63, 3.8) is 0 Å². The summed E-state index contributed by atoms with van der Waals surface area (Å²) in [5, 5.41) is 2.72. The fourth-order valence-corrected chi connectivity index (χ4v) is 3.68. The van der Waals surface area contributed by atoms with Crippen molar-refractivity contribution in [3.8, 4) is 0 Å². The first-order valence-corrected chi connectivity index (χ1v) is 10.3. The molecule has 0 aliphatic carbocycles. The minimum Gasteiger partial charge on any atom is -0.322 e. The van der Waals surface area contributed by atoms with Crippen LogP contribution in [-0.4, -0.2) is 29.9 Å². The number of carbonyl (C=O) groups excluding carboxylic acids is 2. The average Bonchev–Trinajstić information content (AvgIpc) is 2.77. The fourth-order valence-electron chi connectivity index (χ4n) is 3.68. The van der Waals surface area contributed by atoms with Crippen molar-refractivity contribution in [1.29, 1.82) is 0 Å². The molecule has 3 aromatic carbocycles. The van der Waals surface area contributed by atoms with E-state index >= 15 is 0 Å². The first kappa shape index (κ1) is 20.6. The Bertz CT molecular complexity index is 1100. The molecule has 1 saturated heterocycles. The lowest BCUT2D eigenvalue weighted by molar-refractivity contribution is 0.102. The second kappa shape index (κ2) is 9.00. The highest BCUT2D eigenvalue weighted by atomic mass is 19.1. The van der Waals surface area contributed by atoms with Gasteiger partial charge in [-0.3, -0.25) is 9.69 Å². The Balaban J connectivity index is 1.48. The molecule has 3 aromatic rings. The van der Waals surface area contributed by atoms with Crippen LogP contribution >= 0.6 is 0 Å². The third-order valence-corrected chi connectivity index (χ3v) is 5.34. The van der Waals surface area contributed by atoms with E-state index in [1.165, 1.54) is 23.8 Å². The van der Waals surface area contributed by atoms with Crippen molar-refractivity contribution in [2.45, 2.75) is 19.9 Å². The summed E-state index contributed by atoms with van der Waals surface area (Å²) in [6.07, 6.45) is 0.851. The van der Waals surface area contributed by atoms with E-state index in [1.807, 2.05) is 42.2 Å². The number of carbonyl (C=O) groups is 2. The molecule has 0 atom stereocenters. The number of halogens is 1. The minimum atomic E-state index is -0.575. The number of aryl methyl sites for hydroxylation is 1. The Labute approximate surface area is 181 Å². The topological polar surface area (TPSA) is 52.6 Å². The van der Waals surface area contributed by atoms with E-state index in [-0.39, 0.29) is 11.6 Å². The third kappa shape index (κ3) is 4.74. The Morgan fingerprint density at radius 2 is 1.77 bits per heavy atom. The highest BCUT2D eigenvalue weighted by molar-refractivity contribution is 6.05. The average molecular weight is 417 g/mol. The summed E-state index contributed by atoms with van der Waals surface area (Å²) in [5.74, 6) is -1.10. The molecule has 0 spiro atoms. The molecular weight excluding hydrogens is 393 g/mol. The number of urea groups is 1. The summed E-state index contributed by atoms with van der Waals surface area (Å²) >= 11 is 0. The van der Waals surface area contributed by atoms with Gasteiger partial charge in [0.2, 0.25) is 0 Å². The number of benzene rings is 3. The third-order valence-electron chi connectivity index (χ3n) is 5.34. The molecule has 31 heavy (non-hydrogen) atoms. The van der Waals surface area contributed by atoms with Gasteiger partial charge in [0.1, 0.15) is 5.82 Å². The van der Waals surface area contributed by atoms with E-state index in [1.54, 1.807) is 29.2 Å². The molecular formula is C25H24FN3O2. The van der Waals surface area contributed by atoms with Crippen molar-refractivity contribution in [1.82, 2.24) is 4.90 Å². The molecule has 4 rings (SSSR count). The van der Waals surface area contributed by atoms with Gasteiger partial charge in [-0.25, -0.2) is 9.18 Å². The molecule has 5 nitrogen and oxygen atoms in total. The smallest absolute Gasteiger partial charge is 0.322 e. The van der Waals surface area contributed by atoms with Gasteiger partial charge in [-0.2, -0.15) is 0 Å². The van der Waals surface area contributed by atoms with Gasteiger partial charge in [-0.1, -0.05) is 48.0 Å². The van der Waals surface area contributed by atoms with Crippen molar-refractivity contribution >= 4 is 23.3 Å². The van der Waals surface area contributed by atoms with Gasteiger partial charge in [0.15, 0.2) is 0 Å². The first-order valence-electron chi connectivity index (χ1n) is 10.3. The van der Waals surface area contributed by atoms with E-state index in [0.29, 0.717) is 31.0 Å². The lowest BCUT2D eigenvalue weighted by atomic mass is 10.1. The summed E-state index contributed by atoms with van der Waals surface area (Å²) in [6, 6.07) is 21.0. The number of rotatable bonds is 5. The van der Waals surface area contributed by atoms with Gasteiger partial charge >= 0.3 is 6.03 Å². The zero-order valence-electron chi connectivity index (χ0n) is 17.3. The van der Waals surface area contributed by atoms with Crippen LogP contribution in [0.25, 0.3) is 0 Å². The van der Waals surface area contributed by atoms with Gasteiger partial charge in [-0.15, -0.1) is 0 Å². The Hall–Kier alpha value is -3.67. The van der Waals surface area contributed by atoms with Crippen molar-refractivity contribution in [2.75, 3.05) is 23.3 Å². The van der Waals surface area contributed by atoms with E-state index in [0.717, 1.165) is 12.0 Å². The Morgan fingerprint density at radius 1 is 1.00 bits per heavy atom. The van der Waals surface area contributed by atoms with E-state index in [4.69, 9.17) is 0 Å². The van der Waals surface area contributed by atoms with Crippen LogP contribution in [0.1, 0.15) is 27.9 Å². The summed E-state index contributed by atoms with van der Waals surface area (Å²) in [4.78, 5) is 29.1. The Morgan fingerprint density at radius 3 is 2.55 bits per heavy atom. The fraction of sp³-hybridized carbons (Fsp3) is 0.200. The van der Waals surface area contributed by atoms with Crippen LogP contribution in [0, 0.1) is 12.7 Å². The van der Waals surface area contributed by atoms with Crippen molar-refractivity contribution in [3.05, 3.63) is 95.3 Å². The van der Waals surface area contributed by atoms with Crippen LogP contribution < -0.4 is 10.2 Å². The van der Waals surface area contributed by atoms with Gasteiger partial charge in [0, 0.05) is 31.0 Å². The molecule has 0 aromatic heterocycles. The van der Waals surface area contributed by atoms with Gasteiger partial charge in [0.25, 0.3) is 5.91 Å². The maximum Gasteiger partial charge on any atom is 0.324 e. The summed E-state index contributed by atoms with van der Waals surface area (Å²) < 4.78 is 13.9. The maximum absolute atomic E-state index is 13.9. The van der Waals surface area contributed by atoms with Crippen LogP contribution in [0.5, 0.6) is 0 Å². The van der Waals surface area contributed by atoms with Crippen LogP contribution in [0.4, 0.5) is 20.6 Å². The van der Waals surface area contributed by atoms with Crippen molar-refractivity contribution < 1.29 is 14.0 Å².